The van der Waals surface area contributed by atoms with Crippen LogP contribution in [-0.2, 0) is 10.0 Å². The summed E-state index contributed by atoms with van der Waals surface area (Å²) in [6.07, 6.45) is 2.22. The molecule has 0 saturated carbocycles. The van der Waals surface area contributed by atoms with E-state index in [2.05, 4.69) is 0 Å². The van der Waals surface area contributed by atoms with Crippen molar-refractivity contribution in [1.82, 2.24) is 4.72 Å². The highest BCUT2D eigenvalue weighted by atomic mass is 32.2. The van der Waals surface area contributed by atoms with Crippen molar-refractivity contribution < 1.29 is 17.2 Å². The van der Waals surface area contributed by atoms with Gasteiger partial charge >= 0.3 is 0 Å². The van der Waals surface area contributed by atoms with Crippen molar-refractivity contribution in [2.45, 2.75) is 0 Å². The molecule has 0 aromatic heterocycles. The van der Waals surface area contributed by atoms with Gasteiger partial charge in [-0.15, -0.1) is 0 Å². The van der Waals surface area contributed by atoms with E-state index < -0.39 is 15.8 Å². The van der Waals surface area contributed by atoms with Crippen molar-refractivity contribution in [3.05, 3.63) is 24.8 Å². The quantitative estimate of drug-likeness (QED) is 0.710. The van der Waals surface area contributed by atoms with Crippen molar-refractivity contribution in [3.8, 4) is 0 Å². The molecule has 0 atom stereocenters. The molecule has 0 aliphatic carbocycles. The number of nitrogens with one attached hydrogen (secondary N) is 1. The Bertz CT molecular complexity index is 259. The maximum absolute atomic E-state index is 11.4. The molecule has 0 saturated heterocycles. The molecule has 1 N–H and O–H groups in total. The first-order valence-corrected chi connectivity index (χ1v) is 4.75. The fraction of sp³-hybridized carbons (Fsp3) is 0.333. The molecule has 0 aromatic rings. The van der Waals surface area contributed by atoms with E-state index in [1.165, 1.54) is 0 Å². The number of sulfonamides is 1. The van der Waals surface area contributed by atoms with Gasteiger partial charge in [0.15, 0.2) is 0 Å². The van der Waals surface area contributed by atoms with Gasteiger partial charge in [0.25, 0.3) is 0 Å². The number of hydrogen-bond donors (Lipinski definition) is 1. The molecular weight excluding hydrogens is 188 g/mol. The van der Waals surface area contributed by atoms with E-state index in [0.29, 0.717) is 0 Å². The van der Waals surface area contributed by atoms with Gasteiger partial charge in [0.2, 0.25) is 10.0 Å². The summed E-state index contributed by atoms with van der Waals surface area (Å²) in [5.41, 5.74) is 0. The molecule has 0 heterocycles. The lowest BCUT2D eigenvalue weighted by Gasteiger charge is -1.98. The van der Waals surface area contributed by atoms with Gasteiger partial charge in [-0.3, -0.25) is 0 Å². The van der Waals surface area contributed by atoms with Crippen LogP contribution in [-0.4, -0.2) is 20.7 Å². The van der Waals surface area contributed by atoms with E-state index in [1.807, 2.05) is 4.72 Å². The van der Waals surface area contributed by atoms with Crippen LogP contribution in [0.2, 0.25) is 0 Å². The van der Waals surface area contributed by atoms with Crippen molar-refractivity contribution in [3.63, 3.8) is 0 Å². The minimum absolute atomic E-state index is 0.126. The summed E-state index contributed by atoms with van der Waals surface area (Å²) in [6, 6.07) is 0. The van der Waals surface area contributed by atoms with Crippen LogP contribution in [0.3, 0.4) is 0 Å². The van der Waals surface area contributed by atoms with Gasteiger partial charge in [-0.1, -0.05) is 0 Å². The van der Waals surface area contributed by atoms with Crippen LogP contribution >= 0.6 is 0 Å². The topological polar surface area (TPSA) is 46.2 Å². The van der Waals surface area contributed by atoms with Crippen LogP contribution < -0.4 is 4.72 Å². The highest BCUT2D eigenvalue weighted by molar-refractivity contribution is 7.89. The number of halogens is 2. The van der Waals surface area contributed by atoms with Crippen LogP contribution in [0.1, 0.15) is 0 Å². The second-order valence-corrected chi connectivity index (χ2v) is 3.70. The molecule has 70 valence electrons. The van der Waals surface area contributed by atoms with Crippen molar-refractivity contribution in [2.24, 2.45) is 0 Å². The van der Waals surface area contributed by atoms with E-state index in [9.17, 15) is 17.2 Å². The summed E-state index contributed by atoms with van der Waals surface area (Å²) in [7, 11) is -3.51. The molecule has 6 heteroatoms. The molecule has 0 aromatic carbocycles. The number of rotatable bonds is 5. The highest BCUT2D eigenvalue weighted by Gasteiger charge is 2.04. The van der Waals surface area contributed by atoms with Gasteiger partial charge in [0.05, 0.1) is 18.4 Å². The molecule has 0 bridgehead atoms. The minimum Gasteiger partial charge on any atom is -0.216 e. The summed E-state index contributed by atoms with van der Waals surface area (Å²) in [6.45, 7) is -0.126. The van der Waals surface area contributed by atoms with Gasteiger partial charge in [0, 0.05) is 6.54 Å². The molecule has 0 aliphatic rings. The van der Waals surface area contributed by atoms with E-state index in [0.717, 1.165) is 12.2 Å². The average molecular weight is 197 g/mol. The molecule has 0 fully saturated rings. The monoisotopic (exact) mass is 197 g/mol. The van der Waals surface area contributed by atoms with Crippen LogP contribution in [0, 0.1) is 0 Å². The van der Waals surface area contributed by atoms with Crippen molar-refractivity contribution in [1.29, 1.82) is 0 Å². The van der Waals surface area contributed by atoms with E-state index in [4.69, 9.17) is 0 Å². The van der Waals surface area contributed by atoms with Gasteiger partial charge in [0.1, 0.15) is 0 Å². The second-order valence-electron chi connectivity index (χ2n) is 1.85. The molecule has 0 amide bonds. The highest BCUT2D eigenvalue weighted by Crippen LogP contribution is 1.86. The van der Waals surface area contributed by atoms with Crippen molar-refractivity contribution in [2.75, 3.05) is 12.3 Å². The summed E-state index contributed by atoms with van der Waals surface area (Å²) < 4.78 is 46.3. The predicted octanol–water partition coefficient (Wildman–Crippen LogP) is 0.872. The average Bonchev–Trinajstić information content (AvgIpc) is 2.01. The smallest absolute Gasteiger partial charge is 0.215 e. The molecule has 3 nitrogen and oxygen atoms in total. The predicted molar refractivity (Wildman–Crippen MR) is 42.3 cm³/mol. The zero-order chi connectivity index (χ0) is 9.45. The first-order valence-electron chi connectivity index (χ1n) is 3.10. The maximum atomic E-state index is 11.4. The third kappa shape index (κ3) is 5.99. The molecule has 0 unspecified atom stereocenters. The second kappa shape index (κ2) is 5.84. The fourth-order valence-electron chi connectivity index (χ4n) is 0.442. The lowest BCUT2D eigenvalue weighted by molar-refractivity contribution is 0.588. The van der Waals surface area contributed by atoms with E-state index >= 15 is 0 Å². The summed E-state index contributed by atoms with van der Waals surface area (Å²) >= 11 is 0. The molecular formula is C6H9F2NO2S. The summed E-state index contributed by atoms with van der Waals surface area (Å²) in [5, 5.41) is 0. The maximum Gasteiger partial charge on any atom is 0.215 e. The molecule has 0 radical (unpaired) electrons. The zero-order valence-electron chi connectivity index (χ0n) is 6.20. The third-order valence-corrected chi connectivity index (χ3v) is 2.15. The Kier molecular flexibility index (Phi) is 5.48. The van der Waals surface area contributed by atoms with Crippen LogP contribution in [0.5, 0.6) is 0 Å². The Morgan fingerprint density at radius 2 is 1.75 bits per heavy atom. The Labute approximate surface area is 69.8 Å². The minimum atomic E-state index is -3.51. The molecule has 0 spiro atoms. The first kappa shape index (κ1) is 11.2. The molecule has 12 heavy (non-hydrogen) atoms. The summed E-state index contributed by atoms with van der Waals surface area (Å²) in [4.78, 5) is 0. The van der Waals surface area contributed by atoms with Gasteiger partial charge in [-0.05, 0) is 12.2 Å². The van der Waals surface area contributed by atoms with Gasteiger partial charge in [-0.2, -0.15) is 0 Å². The van der Waals surface area contributed by atoms with Gasteiger partial charge in [-0.25, -0.2) is 21.9 Å². The van der Waals surface area contributed by atoms with Crippen molar-refractivity contribution >= 4 is 10.0 Å². The lowest BCUT2D eigenvalue weighted by Crippen LogP contribution is -2.25. The van der Waals surface area contributed by atoms with E-state index in [-0.39, 0.29) is 19.2 Å². The normalized spacial score (nSPS) is 13.2. The Balaban J connectivity index is 3.88. The summed E-state index contributed by atoms with van der Waals surface area (Å²) in [5.74, 6) is -0.441. The Morgan fingerprint density at radius 1 is 1.17 bits per heavy atom. The van der Waals surface area contributed by atoms with Crippen LogP contribution in [0.25, 0.3) is 0 Å². The first-order chi connectivity index (χ1) is 5.62. The Hall–Kier alpha value is -0.750. The fourth-order valence-corrected chi connectivity index (χ4v) is 1.24. The largest absolute Gasteiger partial charge is 0.216 e. The third-order valence-electron chi connectivity index (χ3n) is 0.915. The lowest BCUT2D eigenvalue weighted by atomic mass is 10.7. The van der Waals surface area contributed by atoms with Crippen LogP contribution in [0.15, 0.2) is 24.8 Å². The standard InChI is InChI=1S/C6H9F2NO2S/c7-3-1-5-9-12(10,11)6-2-4-8/h1-4,9H,5-6H2. The van der Waals surface area contributed by atoms with Gasteiger partial charge < -0.3 is 0 Å². The molecule has 0 rings (SSSR count). The number of hydrogen-bond acceptors (Lipinski definition) is 2. The zero-order valence-corrected chi connectivity index (χ0v) is 7.02. The SMILES string of the molecule is O=S(=O)(CC=CF)NCC=CF. The van der Waals surface area contributed by atoms with Crippen LogP contribution in [0.4, 0.5) is 8.78 Å². The Morgan fingerprint density at radius 3 is 2.25 bits per heavy atom. The molecule has 0 aliphatic heterocycles. The van der Waals surface area contributed by atoms with E-state index in [1.54, 1.807) is 0 Å².